The summed E-state index contributed by atoms with van der Waals surface area (Å²) in [5.41, 5.74) is 0. The zero-order valence-corrected chi connectivity index (χ0v) is 42.8. The van der Waals surface area contributed by atoms with Crippen molar-refractivity contribution in [2.75, 3.05) is 26.2 Å². The first-order valence-corrected chi connectivity index (χ1v) is 25.0. The average molecular weight is 867 g/mol. The van der Waals surface area contributed by atoms with Crippen molar-refractivity contribution in [2.24, 2.45) is 0 Å². The van der Waals surface area contributed by atoms with Gasteiger partial charge in [-0.3, -0.25) is 0 Å². The molecule has 0 amide bonds. The molecule has 0 saturated heterocycles. The molecule has 0 bridgehead atoms. The summed E-state index contributed by atoms with van der Waals surface area (Å²) in [7, 11) is 0. The Morgan fingerprint density at radius 1 is 0.283 bits per heavy atom. The van der Waals surface area contributed by atoms with Crippen LogP contribution in [0.5, 0.6) is 0 Å². The maximum Gasteiger partial charge on any atom is 2.00 e. The Kier molecular flexibility index (Phi) is 55.8. The van der Waals surface area contributed by atoms with Crippen LogP contribution in [0.3, 0.4) is 0 Å². The van der Waals surface area contributed by atoms with E-state index in [4.69, 9.17) is 49.7 Å². The fourth-order valence-corrected chi connectivity index (χ4v) is 7.77. The van der Waals surface area contributed by atoms with Crippen LogP contribution in [-0.2, 0) is 44.7 Å². The Morgan fingerprint density at radius 3 is 0.547 bits per heavy atom. The van der Waals surface area contributed by atoms with Crippen LogP contribution in [0, 0.1) is 0 Å². The predicted molar refractivity (Wildman–Crippen MR) is 252 cm³/mol. The number of rotatable bonds is 40. The van der Waals surface area contributed by atoms with E-state index in [0.717, 1.165) is 26.2 Å². The van der Waals surface area contributed by atoms with E-state index < -0.39 is 0 Å². The van der Waals surface area contributed by atoms with Crippen LogP contribution in [0.1, 0.15) is 259 Å². The van der Waals surface area contributed by atoms with E-state index in [-0.39, 0.29) is 19.5 Å². The quantitative estimate of drug-likeness (QED) is 0.0260. The molecule has 2 nitrogen and oxygen atoms in total. The van der Waals surface area contributed by atoms with Crippen molar-refractivity contribution in [2.45, 2.75) is 259 Å². The largest absolute Gasteiger partial charge is 2.00 e. The summed E-state index contributed by atoms with van der Waals surface area (Å²) < 4.78 is 1.37. The SMILES string of the molecule is CCCCCCCCCCCN(CCCCCCCCCCC)C(=S)[S-].CCCCCCCCCCCN(CCCCCCCCCCC)C(=S)[S-].[Zn+2]. The topological polar surface area (TPSA) is 6.48 Å². The van der Waals surface area contributed by atoms with E-state index in [1.165, 1.54) is 231 Å². The monoisotopic (exact) mass is 865 g/mol. The molecule has 0 aliphatic heterocycles. The van der Waals surface area contributed by atoms with E-state index in [2.05, 4.69) is 37.5 Å². The number of hydrogen-bond donors (Lipinski definition) is 0. The van der Waals surface area contributed by atoms with E-state index >= 15 is 0 Å². The Balaban J connectivity index is -0.000000926. The van der Waals surface area contributed by atoms with Crippen LogP contribution >= 0.6 is 24.4 Å². The van der Waals surface area contributed by atoms with Gasteiger partial charge in [0.2, 0.25) is 0 Å². The average Bonchev–Trinajstić information content (AvgIpc) is 3.13. The van der Waals surface area contributed by atoms with Gasteiger partial charge >= 0.3 is 19.5 Å². The molecule has 0 aliphatic rings. The summed E-state index contributed by atoms with van der Waals surface area (Å²) >= 11 is 21.1. The molecular formula is C46H92N2S4Zn. The van der Waals surface area contributed by atoms with Crippen LogP contribution in [0.25, 0.3) is 0 Å². The van der Waals surface area contributed by atoms with Gasteiger partial charge in [0.1, 0.15) is 0 Å². The molecule has 0 aromatic carbocycles. The van der Waals surface area contributed by atoms with E-state index in [9.17, 15) is 0 Å². The minimum Gasteiger partial charge on any atom is -0.411 e. The van der Waals surface area contributed by atoms with Gasteiger partial charge in [0.15, 0.2) is 0 Å². The van der Waals surface area contributed by atoms with E-state index in [0.29, 0.717) is 8.64 Å². The second kappa shape index (κ2) is 50.9. The molecule has 0 radical (unpaired) electrons. The molecule has 0 fully saturated rings. The van der Waals surface area contributed by atoms with Crippen molar-refractivity contribution < 1.29 is 19.5 Å². The Morgan fingerprint density at radius 2 is 0.415 bits per heavy atom. The van der Waals surface area contributed by atoms with Gasteiger partial charge in [0, 0.05) is 26.2 Å². The van der Waals surface area contributed by atoms with Crippen LogP contribution in [0.15, 0.2) is 0 Å². The summed E-state index contributed by atoms with van der Waals surface area (Å²) in [5, 5.41) is 0. The van der Waals surface area contributed by atoms with Gasteiger partial charge in [0.05, 0.1) is 0 Å². The Bertz CT molecular complexity index is 609. The van der Waals surface area contributed by atoms with Crippen LogP contribution in [-0.4, -0.2) is 44.6 Å². The molecule has 0 rings (SSSR count). The molecule has 0 N–H and O–H groups in total. The Labute approximate surface area is 370 Å². The van der Waals surface area contributed by atoms with Crippen molar-refractivity contribution in [1.29, 1.82) is 0 Å². The number of unbranched alkanes of at least 4 members (excludes halogenated alkanes) is 32. The van der Waals surface area contributed by atoms with Gasteiger partial charge in [-0.1, -0.05) is 242 Å². The van der Waals surface area contributed by atoms with Crippen molar-refractivity contribution in [3.05, 3.63) is 0 Å². The predicted octanol–water partition coefficient (Wildman–Crippen LogP) is 16.4. The summed E-state index contributed by atoms with van der Waals surface area (Å²) in [4.78, 5) is 4.54. The molecule has 0 atom stereocenters. The van der Waals surface area contributed by atoms with Gasteiger partial charge in [0.25, 0.3) is 0 Å². The molecule has 0 aromatic rings. The molecule has 312 valence electrons. The molecule has 7 heteroatoms. The second-order valence-electron chi connectivity index (χ2n) is 15.8. The van der Waals surface area contributed by atoms with E-state index in [1.54, 1.807) is 0 Å². The molecule has 0 saturated carbocycles. The molecule has 0 heterocycles. The van der Waals surface area contributed by atoms with Gasteiger partial charge in [-0.2, -0.15) is 0 Å². The fraction of sp³-hybridized carbons (Fsp3) is 0.957. The number of hydrogen-bond acceptors (Lipinski definition) is 4. The van der Waals surface area contributed by atoms with Crippen LogP contribution < -0.4 is 0 Å². The second-order valence-corrected chi connectivity index (χ2v) is 17.9. The van der Waals surface area contributed by atoms with E-state index in [1.807, 2.05) is 0 Å². The minimum atomic E-state index is 0. The summed E-state index contributed by atoms with van der Waals surface area (Å²) in [6.45, 7) is 13.4. The Hall–Kier alpha value is 0.843. The number of thiocarbonyl (C=S) groups is 2. The van der Waals surface area contributed by atoms with Gasteiger partial charge < -0.3 is 59.5 Å². The van der Waals surface area contributed by atoms with Crippen LogP contribution in [0.4, 0.5) is 0 Å². The molecule has 53 heavy (non-hydrogen) atoms. The standard InChI is InChI=1S/2C23H47NS2.Zn/c2*1-3-5-7-9-11-13-15-17-19-21-24(23(25)26)22-20-18-16-14-12-10-8-6-4-2;/h2*3-22H2,1-2H3,(H,25,26);/q;;+2/p-2. The zero-order valence-electron chi connectivity index (χ0n) is 36.5. The maximum atomic E-state index is 5.28. The molecular weight excluding hydrogens is 774 g/mol. The van der Waals surface area contributed by atoms with Crippen LogP contribution in [0.2, 0.25) is 0 Å². The number of nitrogens with zero attached hydrogens (tertiary/aromatic N) is 2. The third kappa shape index (κ3) is 48.9. The third-order valence-corrected chi connectivity index (χ3v) is 11.7. The minimum absolute atomic E-state index is 0. The fourth-order valence-electron chi connectivity index (χ4n) is 7.04. The van der Waals surface area contributed by atoms with Gasteiger partial charge in [-0.25, -0.2) is 0 Å². The summed E-state index contributed by atoms with van der Waals surface area (Å²) in [5.74, 6) is 0. The molecule has 0 spiro atoms. The van der Waals surface area contributed by atoms with Crippen molar-refractivity contribution in [3.8, 4) is 0 Å². The maximum absolute atomic E-state index is 5.28. The normalized spacial score (nSPS) is 10.8. The summed E-state index contributed by atoms with van der Waals surface area (Å²) in [6.07, 6.45) is 49.5. The first-order chi connectivity index (χ1) is 25.4. The van der Waals surface area contributed by atoms with Gasteiger partial charge in [-0.15, -0.1) is 0 Å². The van der Waals surface area contributed by atoms with Crippen molar-refractivity contribution in [1.82, 2.24) is 9.80 Å². The van der Waals surface area contributed by atoms with Crippen molar-refractivity contribution in [3.63, 3.8) is 0 Å². The summed E-state index contributed by atoms with van der Waals surface area (Å²) in [6, 6.07) is 0. The zero-order chi connectivity index (χ0) is 38.6. The first kappa shape index (κ1) is 58.2. The third-order valence-electron chi connectivity index (χ3n) is 10.6. The molecule has 0 unspecified atom stereocenters. The molecule has 0 aliphatic carbocycles. The van der Waals surface area contributed by atoms with Crippen molar-refractivity contribution >= 4 is 58.3 Å². The smallest absolute Gasteiger partial charge is 0.411 e. The van der Waals surface area contributed by atoms with Gasteiger partial charge in [-0.05, 0) is 25.7 Å². The first-order valence-electron chi connectivity index (χ1n) is 23.4. The molecule has 0 aromatic heterocycles.